The monoisotopic (exact) mass is 483 g/mol. The first-order valence-electron chi connectivity index (χ1n) is 13.4. The minimum absolute atomic E-state index is 0.136. The maximum absolute atomic E-state index is 13.0. The number of nitrogens with one attached hydrogen (secondary N) is 1. The Labute approximate surface area is 208 Å². The van der Waals surface area contributed by atoms with E-state index < -0.39 is 0 Å². The molecule has 2 aromatic heterocycles. The molecule has 186 valence electrons. The molecule has 2 bridgehead atoms. The average molecular weight is 484 g/mol. The second kappa shape index (κ2) is 10.1. The number of carbonyl (C=O) groups excluding carboxylic acids is 1. The third-order valence-corrected chi connectivity index (χ3v) is 9.61. The maximum Gasteiger partial charge on any atom is 0.223 e. The summed E-state index contributed by atoms with van der Waals surface area (Å²) in [5.41, 5.74) is 1.30. The van der Waals surface area contributed by atoms with Crippen LogP contribution in [0.2, 0.25) is 0 Å². The minimum atomic E-state index is 0.136. The Morgan fingerprint density at radius 1 is 1.09 bits per heavy atom. The van der Waals surface area contributed by atoms with E-state index in [-0.39, 0.29) is 17.9 Å². The van der Waals surface area contributed by atoms with Gasteiger partial charge in [0.05, 0.1) is 6.04 Å². The van der Waals surface area contributed by atoms with Crippen LogP contribution in [0, 0.1) is 19.8 Å². The zero-order valence-electron chi connectivity index (χ0n) is 21.3. The molecule has 1 amide bonds. The molecule has 0 spiro atoms. The van der Waals surface area contributed by atoms with Crippen LogP contribution >= 0.6 is 11.3 Å². The predicted octanol–water partition coefficient (Wildman–Crippen LogP) is 5.69. The number of hydrogen-bond acceptors (Lipinski definition) is 5. The van der Waals surface area contributed by atoms with Gasteiger partial charge in [-0.15, -0.1) is 21.5 Å². The number of thiophene rings is 1. The van der Waals surface area contributed by atoms with Gasteiger partial charge in [0.1, 0.15) is 11.6 Å². The van der Waals surface area contributed by atoms with E-state index in [4.69, 9.17) is 0 Å². The summed E-state index contributed by atoms with van der Waals surface area (Å²) >= 11 is 1.80. The van der Waals surface area contributed by atoms with E-state index in [1.165, 1.54) is 49.0 Å². The SMILES string of the molecule is Cc1csc([C@H](CCN2[C@@H]3CC[C@H]2C[C@H](n2c(C)nnc2C(C)C)C3)NC(=O)C2CCCC2)c1. The summed E-state index contributed by atoms with van der Waals surface area (Å²) in [6, 6.07) is 4.17. The van der Waals surface area contributed by atoms with Crippen molar-refractivity contribution in [2.24, 2.45) is 5.92 Å². The molecule has 4 heterocycles. The highest BCUT2D eigenvalue weighted by Crippen LogP contribution is 2.42. The second-order valence-corrected chi connectivity index (χ2v) is 12.2. The van der Waals surface area contributed by atoms with Gasteiger partial charge in [-0.1, -0.05) is 26.7 Å². The van der Waals surface area contributed by atoms with Crippen LogP contribution in [0.25, 0.3) is 0 Å². The van der Waals surface area contributed by atoms with Crippen LogP contribution in [0.3, 0.4) is 0 Å². The smallest absolute Gasteiger partial charge is 0.223 e. The van der Waals surface area contributed by atoms with Crippen molar-refractivity contribution < 1.29 is 4.79 Å². The number of piperidine rings is 1. The molecule has 1 aliphatic carbocycles. The number of fused-ring (bicyclic) bond motifs is 2. The molecule has 4 atom stereocenters. The lowest BCUT2D eigenvalue weighted by Crippen LogP contribution is -2.45. The average Bonchev–Trinajstić information content (AvgIpc) is 3.59. The van der Waals surface area contributed by atoms with Gasteiger partial charge in [0.25, 0.3) is 0 Å². The number of hydrogen-bond donors (Lipinski definition) is 1. The summed E-state index contributed by atoms with van der Waals surface area (Å²) in [7, 11) is 0. The maximum atomic E-state index is 13.0. The molecular formula is C27H41N5OS. The molecule has 0 unspecified atom stereocenters. The van der Waals surface area contributed by atoms with Crippen molar-refractivity contribution in [3.05, 3.63) is 33.5 Å². The highest BCUT2D eigenvalue weighted by atomic mass is 32.1. The molecule has 2 saturated heterocycles. The van der Waals surface area contributed by atoms with Gasteiger partial charge in [0.2, 0.25) is 5.91 Å². The van der Waals surface area contributed by atoms with Gasteiger partial charge in [-0.2, -0.15) is 0 Å². The first-order chi connectivity index (χ1) is 16.4. The summed E-state index contributed by atoms with van der Waals surface area (Å²) in [6.45, 7) is 9.76. The quantitative estimate of drug-likeness (QED) is 0.524. The lowest BCUT2D eigenvalue weighted by atomic mass is 9.95. The van der Waals surface area contributed by atoms with Crippen molar-refractivity contribution >= 4 is 17.2 Å². The second-order valence-electron chi connectivity index (χ2n) is 11.2. The van der Waals surface area contributed by atoms with Crippen LogP contribution in [0.5, 0.6) is 0 Å². The molecule has 3 fully saturated rings. The Balaban J connectivity index is 1.26. The Bertz CT molecular complexity index is 977. The fourth-order valence-electron chi connectivity index (χ4n) is 6.73. The van der Waals surface area contributed by atoms with Gasteiger partial charge in [-0.05, 0) is 75.8 Å². The van der Waals surface area contributed by atoms with Gasteiger partial charge in [-0.3, -0.25) is 9.69 Å². The van der Waals surface area contributed by atoms with Crippen molar-refractivity contribution in [1.82, 2.24) is 25.0 Å². The zero-order valence-corrected chi connectivity index (χ0v) is 22.1. The molecule has 2 aliphatic heterocycles. The molecule has 5 rings (SSSR count). The molecule has 3 aliphatic rings. The fourth-order valence-corrected chi connectivity index (χ4v) is 7.71. The molecule has 1 N–H and O–H groups in total. The van der Waals surface area contributed by atoms with Crippen LogP contribution in [0.15, 0.2) is 11.4 Å². The molecule has 0 aromatic carbocycles. The first kappa shape index (κ1) is 24.0. The first-order valence-corrected chi connectivity index (χ1v) is 14.3. The summed E-state index contributed by atoms with van der Waals surface area (Å²) < 4.78 is 2.44. The summed E-state index contributed by atoms with van der Waals surface area (Å²) in [5, 5.41) is 14.6. The normalized spacial score (nSPS) is 26.4. The lowest BCUT2D eigenvalue weighted by molar-refractivity contribution is -0.125. The van der Waals surface area contributed by atoms with Crippen molar-refractivity contribution in [1.29, 1.82) is 0 Å². The number of amides is 1. The Morgan fingerprint density at radius 3 is 2.41 bits per heavy atom. The van der Waals surface area contributed by atoms with Gasteiger partial charge in [0.15, 0.2) is 0 Å². The van der Waals surface area contributed by atoms with Crippen LogP contribution in [-0.2, 0) is 4.79 Å². The molecule has 6 nitrogen and oxygen atoms in total. The summed E-state index contributed by atoms with van der Waals surface area (Å²) in [4.78, 5) is 17.1. The van der Waals surface area contributed by atoms with Crippen molar-refractivity contribution in [3.8, 4) is 0 Å². The number of aryl methyl sites for hydroxylation is 2. The van der Waals surface area contributed by atoms with E-state index >= 15 is 0 Å². The zero-order chi connectivity index (χ0) is 23.8. The Morgan fingerprint density at radius 2 is 1.79 bits per heavy atom. The highest BCUT2D eigenvalue weighted by Gasteiger charge is 2.42. The lowest BCUT2D eigenvalue weighted by Gasteiger charge is -2.40. The van der Waals surface area contributed by atoms with E-state index in [1.807, 2.05) is 0 Å². The largest absolute Gasteiger partial charge is 0.348 e. The number of rotatable bonds is 8. The van der Waals surface area contributed by atoms with E-state index in [9.17, 15) is 4.79 Å². The topological polar surface area (TPSA) is 63.1 Å². The Hall–Kier alpha value is -1.73. The van der Waals surface area contributed by atoms with E-state index in [2.05, 4.69) is 64.1 Å². The van der Waals surface area contributed by atoms with Crippen LogP contribution in [-0.4, -0.2) is 44.2 Å². The van der Waals surface area contributed by atoms with E-state index in [0.717, 1.165) is 37.5 Å². The third kappa shape index (κ3) is 4.83. The van der Waals surface area contributed by atoms with Crippen LogP contribution < -0.4 is 5.32 Å². The minimum Gasteiger partial charge on any atom is -0.348 e. The predicted molar refractivity (Wildman–Crippen MR) is 137 cm³/mol. The van der Waals surface area contributed by atoms with E-state index in [0.29, 0.717) is 24.0 Å². The van der Waals surface area contributed by atoms with Gasteiger partial charge >= 0.3 is 0 Å². The molecule has 7 heteroatoms. The number of aromatic nitrogens is 3. The van der Waals surface area contributed by atoms with Crippen molar-refractivity contribution in [2.45, 2.75) is 116 Å². The number of nitrogens with zero attached hydrogens (tertiary/aromatic N) is 4. The highest BCUT2D eigenvalue weighted by molar-refractivity contribution is 7.10. The molecule has 2 aromatic rings. The third-order valence-electron chi connectivity index (χ3n) is 8.45. The molecule has 1 saturated carbocycles. The van der Waals surface area contributed by atoms with Gasteiger partial charge < -0.3 is 9.88 Å². The fraction of sp³-hybridized carbons (Fsp3) is 0.741. The van der Waals surface area contributed by atoms with E-state index in [1.54, 1.807) is 11.3 Å². The Kier molecular flexibility index (Phi) is 7.12. The molecule has 34 heavy (non-hydrogen) atoms. The van der Waals surface area contributed by atoms with Gasteiger partial charge in [0, 0.05) is 41.4 Å². The summed E-state index contributed by atoms with van der Waals surface area (Å²) in [5.74, 6) is 3.09. The van der Waals surface area contributed by atoms with Crippen LogP contribution in [0.4, 0.5) is 0 Å². The molecular weight excluding hydrogens is 442 g/mol. The number of carbonyl (C=O) groups is 1. The standard InChI is InChI=1S/C27H41N5OS/c1-17(2)26-30-29-19(4)32(26)23-14-21-9-10-22(15-23)31(21)12-11-24(25-13-18(3)16-34-25)28-27(33)20-7-5-6-8-20/h13,16-17,20-24H,5-12,14-15H2,1-4H3,(H,28,33)/t21-,22+,23-,24-/m0/s1. The van der Waals surface area contributed by atoms with Gasteiger partial charge in [-0.25, -0.2) is 0 Å². The molecule has 0 radical (unpaired) electrons. The van der Waals surface area contributed by atoms with Crippen LogP contribution in [0.1, 0.15) is 112 Å². The van der Waals surface area contributed by atoms with Crippen molar-refractivity contribution in [2.75, 3.05) is 6.54 Å². The van der Waals surface area contributed by atoms with Crippen molar-refractivity contribution in [3.63, 3.8) is 0 Å². The summed E-state index contributed by atoms with van der Waals surface area (Å²) in [6.07, 6.45) is 10.5.